The monoisotopic (exact) mass is 859 g/mol. The normalized spacial score (nSPS) is 13.0. The highest BCUT2D eigenvalue weighted by Gasteiger charge is 2.19. The third kappa shape index (κ3) is 47.1. The van der Waals surface area contributed by atoms with Crippen molar-refractivity contribution in [1.29, 1.82) is 0 Å². The van der Waals surface area contributed by atoms with Crippen molar-refractivity contribution in [3.05, 3.63) is 109 Å². The fourth-order valence-corrected chi connectivity index (χ4v) is 6.37. The van der Waals surface area contributed by atoms with Crippen molar-refractivity contribution in [3.8, 4) is 0 Å². The smallest absolute Gasteiger partial charge is 0.306 e. The molecule has 0 rings (SSSR count). The molecule has 0 aliphatic heterocycles. The first kappa shape index (κ1) is 58.1. The van der Waals surface area contributed by atoms with Crippen LogP contribution in [-0.2, 0) is 28.6 Å². The Morgan fingerprint density at radius 2 is 0.581 bits per heavy atom. The SMILES string of the molecule is CC/C=C\C/C=C\C/C=C\C/C=C\CCCCCCCCC(=O)OCC(COC(=O)CCCC/C=C\C/C=C\CC)OC(=O)CCCCCCCC/C=C\C/C=C\C/C=C\CC. The Balaban J connectivity index is 4.41. The number of rotatable bonds is 43. The van der Waals surface area contributed by atoms with E-state index in [0.29, 0.717) is 19.3 Å². The van der Waals surface area contributed by atoms with Crippen molar-refractivity contribution in [1.82, 2.24) is 0 Å². The van der Waals surface area contributed by atoms with Crippen LogP contribution in [0.3, 0.4) is 0 Å². The lowest BCUT2D eigenvalue weighted by atomic mass is 10.1. The van der Waals surface area contributed by atoms with E-state index in [2.05, 4.69) is 130 Å². The molecule has 0 N–H and O–H groups in total. The van der Waals surface area contributed by atoms with Crippen LogP contribution < -0.4 is 0 Å². The van der Waals surface area contributed by atoms with Gasteiger partial charge in [0.2, 0.25) is 0 Å². The van der Waals surface area contributed by atoms with Crippen molar-refractivity contribution in [2.24, 2.45) is 0 Å². The zero-order chi connectivity index (χ0) is 45.1. The molecule has 1 unspecified atom stereocenters. The van der Waals surface area contributed by atoms with E-state index in [0.717, 1.165) is 141 Å². The van der Waals surface area contributed by atoms with Gasteiger partial charge in [-0.1, -0.05) is 182 Å². The highest BCUT2D eigenvalue weighted by Crippen LogP contribution is 2.13. The summed E-state index contributed by atoms with van der Waals surface area (Å²) < 4.78 is 16.7. The molecule has 0 aliphatic rings. The molecule has 0 saturated carbocycles. The lowest BCUT2D eigenvalue weighted by molar-refractivity contribution is -0.167. The summed E-state index contributed by atoms with van der Waals surface area (Å²) in [6.45, 7) is 6.22. The van der Waals surface area contributed by atoms with Gasteiger partial charge in [-0.25, -0.2) is 0 Å². The van der Waals surface area contributed by atoms with Gasteiger partial charge in [0.05, 0.1) is 0 Å². The second-order valence-corrected chi connectivity index (χ2v) is 15.9. The third-order valence-corrected chi connectivity index (χ3v) is 10.0. The minimum Gasteiger partial charge on any atom is -0.462 e. The lowest BCUT2D eigenvalue weighted by Crippen LogP contribution is -2.30. The zero-order valence-corrected chi connectivity index (χ0v) is 39.8. The van der Waals surface area contributed by atoms with Gasteiger partial charge >= 0.3 is 17.9 Å². The van der Waals surface area contributed by atoms with Gasteiger partial charge in [-0.3, -0.25) is 14.4 Å². The van der Waals surface area contributed by atoms with E-state index in [4.69, 9.17) is 14.2 Å². The quantitative estimate of drug-likeness (QED) is 0.0263. The van der Waals surface area contributed by atoms with Crippen LogP contribution in [0.25, 0.3) is 0 Å². The van der Waals surface area contributed by atoms with Crippen molar-refractivity contribution < 1.29 is 28.6 Å². The molecule has 0 spiro atoms. The highest BCUT2D eigenvalue weighted by atomic mass is 16.6. The molecule has 0 fully saturated rings. The van der Waals surface area contributed by atoms with Crippen molar-refractivity contribution >= 4 is 17.9 Å². The lowest BCUT2D eigenvalue weighted by Gasteiger charge is -2.18. The van der Waals surface area contributed by atoms with Crippen LogP contribution in [0.4, 0.5) is 0 Å². The molecule has 0 saturated heterocycles. The maximum absolute atomic E-state index is 12.8. The van der Waals surface area contributed by atoms with E-state index in [1.807, 2.05) is 0 Å². The molecule has 0 aromatic carbocycles. The molecule has 0 radical (unpaired) electrons. The Kier molecular flexibility index (Phi) is 46.6. The summed E-state index contributed by atoms with van der Waals surface area (Å²) >= 11 is 0. The van der Waals surface area contributed by atoms with Gasteiger partial charge in [0.25, 0.3) is 0 Å². The molecule has 0 aromatic rings. The first-order valence-corrected chi connectivity index (χ1v) is 24.9. The standard InChI is InChI=1S/C56H90O6/c1-4-7-10-13-16-19-21-23-25-27-28-29-31-32-34-37-40-43-46-49-55(58)61-52-53(51-60-54(57)48-45-42-39-36-18-15-12-9-6-3)62-56(59)50-47-44-41-38-35-33-30-26-24-22-20-17-14-11-8-5-2/h7-12,16-20,23-26,28-29,36,53H,4-6,13-15,21-22,27,30-35,37-52H2,1-3H3/b10-7-,11-8-,12-9-,19-16-,20-17-,25-23-,26-24-,29-28-,36-18-. The highest BCUT2D eigenvalue weighted by molar-refractivity contribution is 5.71. The molecule has 350 valence electrons. The molecule has 0 bridgehead atoms. The zero-order valence-electron chi connectivity index (χ0n) is 39.8. The average molecular weight is 859 g/mol. The summed E-state index contributed by atoms with van der Waals surface area (Å²) in [7, 11) is 0. The first-order chi connectivity index (χ1) is 30.5. The van der Waals surface area contributed by atoms with E-state index < -0.39 is 6.10 Å². The molecular weight excluding hydrogens is 769 g/mol. The fraction of sp³-hybridized carbons (Fsp3) is 0.625. The van der Waals surface area contributed by atoms with Crippen LogP contribution in [0.5, 0.6) is 0 Å². The second-order valence-electron chi connectivity index (χ2n) is 15.9. The van der Waals surface area contributed by atoms with E-state index in [1.165, 1.54) is 25.7 Å². The van der Waals surface area contributed by atoms with Gasteiger partial charge in [0.15, 0.2) is 6.10 Å². The van der Waals surface area contributed by atoms with Crippen LogP contribution in [0.2, 0.25) is 0 Å². The fourth-order valence-electron chi connectivity index (χ4n) is 6.37. The summed E-state index contributed by atoms with van der Waals surface area (Å²) in [6.07, 6.45) is 66.5. The molecule has 0 aromatic heterocycles. The summed E-state index contributed by atoms with van der Waals surface area (Å²) in [6, 6.07) is 0. The number of allylic oxidation sites excluding steroid dienone is 18. The van der Waals surface area contributed by atoms with Gasteiger partial charge in [0.1, 0.15) is 13.2 Å². The van der Waals surface area contributed by atoms with Crippen molar-refractivity contribution in [2.75, 3.05) is 13.2 Å². The first-order valence-electron chi connectivity index (χ1n) is 24.9. The third-order valence-electron chi connectivity index (χ3n) is 10.0. The predicted molar refractivity (Wildman–Crippen MR) is 265 cm³/mol. The largest absolute Gasteiger partial charge is 0.462 e. The molecule has 62 heavy (non-hydrogen) atoms. The van der Waals surface area contributed by atoms with E-state index in [1.54, 1.807) is 0 Å². The molecule has 6 nitrogen and oxygen atoms in total. The maximum atomic E-state index is 12.8. The van der Waals surface area contributed by atoms with E-state index in [9.17, 15) is 14.4 Å². The van der Waals surface area contributed by atoms with Crippen LogP contribution >= 0.6 is 0 Å². The summed E-state index contributed by atoms with van der Waals surface area (Å²) in [5.41, 5.74) is 0. The summed E-state index contributed by atoms with van der Waals surface area (Å²) in [4.78, 5) is 37.9. The number of carbonyl (C=O) groups excluding carboxylic acids is 3. The van der Waals surface area contributed by atoms with Crippen LogP contribution in [-0.4, -0.2) is 37.2 Å². The molecule has 0 amide bonds. The number of ether oxygens (including phenoxy) is 3. The van der Waals surface area contributed by atoms with Gasteiger partial charge in [-0.15, -0.1) is 0 Å². The minimum absolute atomic E-state index is 0.104. The van der Waals surface area contributed by atoms with E-state index in [-0.39, 0.29) is 31.1 Å². The Bertz CT molecular complexity index is 1310. The van der Waals surface area contributed by atoms with Crippen LogP contribution in [0.15, 0.2) is 109 Å². The number of hydrogen-bond acceptors (Lipinski definition) is 6. The van der Waals surface area contributed by atoms with Crippen LogP contribution in [0, 0.1) is 0 Å². The van der Waals surface area contributed by atoms with Gasteiger partial charge in [-0.2, -0.15) is 0 Å². The second kappa shape index (κ2) is 49.7. The molecule has 1 atom stereocenters. The predicted octanol–water partition coefficient (Wildman–Crippen LogP) is 16.4. The number of hydrogen-bond donors (Lipinski definition) is 0. The minimum atomic E-state index is -0.804. The average Bonchev–Trinajstić information content (AvgIpc) is 3.27. The van der Waals surface area contributed by atoms with Gasteiger partial charge in [0, 0.05) is 19.3 Å². The van der Waals surface area contributed by atoms with Crippen molar-refractivity contribution in [2.45, 2.75) is 213 Å². The number of unbranched alkanes of at least 4 members (excludes halogenated alkanes) is 14. The summed E-state index contributed by atoms with van der Waals surface area (Å²) in [5.74, 6) is -0.975. The van der Waals surface area contributed by atoms with E-state index >= 15 is 0 Å². The molecule has 0 heterocycles. The van der Waals surface area contributed by atoms with Gasteiger partial charge < -0.3 is 14.2 Å². The number of esters is 3. The Hall–Kier alpha value is -3.93. The summed E-state index contributed by atoms with van der Waals surface area (Å²) in [5, 5.41) is 0. The Labute approximate surface area is 380 Å². The maximum Gasteiger partial charge on any atom is 0.306 e. The van der Waals surface area contributed by atoms with Crippen molar-refractivity contribution in [3.63, 3.8) is 0 Å². The molecular formula is C56H90O6. The molecule has 6 heteroatoms. The number of carbonyl (C=O) groups is 3. The van der Waals surface area contributed by atoms with Crippen LogP contribution in [0.1, 0.15) is 207 Å². The Morgan fingerprint density at radius 3 is 0.935 bits per heavy atom. The Morgan fingerprint density at radius 1 is 0.323 bits per heavy atom. The molecule has 0 aliphatic carbocycles. The van der Waals surface area contributed by atoms with Gasteiger partial charge in [-0.05, 0) is 116 Å². The topological polar surface area (TPSA) is 78.9 Å².